The molecule has 2 amide bonds. The standard InChI is InChI=1S/C29H31N7O2/c1-18-5-7-23-22(15-18)17-30-27(31-23)21-6-8-24(19(2)16-21)35-13-14-36-26(29(35)38)20(3)25(32-36)28(37)34-11-9-33(4)10-12-34/h5-8,15-17H,9-14H2,1-4H3. The SMILES string of the molecule is Cc1ccc2nc(-c3ccc(N4CCn5nc(C(=O)N6CCN(C)CC6)c(C)c5C4=O)c(C)c3)ncc2c1. The van der Waals surface area contributed by atoms with E-state index in [-0.39, 0.29) is 11.8 Å². The number of amides is 2. The number of benzene rings is 2. The van der Waals surface area contributed by atoms with Crippen LogP contribution < -0.4 is 4.90 Å². The Balaban J connectivity index is 1.27. The molecule has 0 unspecified atom stereocenters. The predicted octanol–water partition coefficient (Wildman–Crippen LogP) is 3.47. The first-order valence-corrected chi connectivity index (χ1v) is 13.0. The summed E-state index contributed by atoms with van der Waals surface area (Å²) in [7, 11) is 2.06. The van der Waals surface area contributed by atoms with Crippen LogP contribution in [0.5, 0.6) is 0 Å². The van der Waals surface area contributed by atoms with Crippen LogP contribution in [0.3, 0.4) is 0 Å². The van der Waals surface area contributed by atoms with E-state index in [4.69, 9.17) is 4.98 Å². The van der Waals surface area contributed by atoms with Gasteiger partial charge in [0.25, 0.3) is 11.8 Å². The quantitative estimate of drug-likeness (QED) is 0.420. The Labute approximate surface area is 221 Å². The fourth-order valence-electron chi connectivity index (χ4n) is 5.39. The first-order chi connectivity index (χ1) is 18.3. The molecule has 2 aromatic carbocycles. The molecule has 4 aromatic rings. The van der Waals surface area contributed by atoms with Gasteiger partial charge in [-0.15, -0.1) is 0 Å². The first kappa shape index (κ1) is 24.2. The minimum atomic E-state index is -0.133. The largest absolute Gasteiger partial charge is 0.335 e. The Morgan fingerprint density at radius 2 is 1.71 bits per heavy atom. The van der Waals surface area contributed by atoms with Crippen molar-refractivity contribution in [3.63, 3.8) is 0 Å². The van der Waals surface area contributed by atoms with Crippen molar-refractivity contribution in [2.75, 3.05) is 44.7 Å². The molecule has 38 heavy (non-hydrogen) atoms. The van der Waals surface area contributed by atoms with E-state index in [2.05, 4.69) is 35.0 Å². The molecule has 9 heteroatoms. The third-order valence-electron chi connectivity index (χ3n) is 7.65. The molecule has 0 saturated carbocycles. The summed E-state index contributed by atoms with van der Waals surface area (Å²) in [4.78, 5) is 42.1. The van der Waals surface area contributed by atoms with E-state index in [1.165, 1.54) is 5.56 Å². The molecule has 0 N–H and O–H groups in total. The van der Waals surface area contributed by atoms with Gasteiger partial charge in [-0.1, -0.05) is 11.6 Å². The van der Waals surface area contributed by atoms with Crippen molar-refractivity contribution in [2.45, 2.75) is 27.3 Å². The van der Waals surface area contributed by atoms with Gasteiger partial charge in [-0.2, -0.15) is 5.10 Å². The Morgan fingerprint density at radius 3 is 2.47 bits per heavy atom. The van der Waals surface area contributed by atoms with E-state index in [0.29, 0.717) is 49.0 Å². The summed E-state index contributed by atoms with van der Waals surface area (Å²) in [5.74, 6) is 0.428. The molecule has 4 heterocycles. The summed E-state index contributed by atoms with van der Waals surface area (Å²) in [5.41, 5.74) is 6.31. The summed E-state index contributed by atoms with van der Waals surface area (Å²) in [6.07, 6.45) is 1.85. The molecule has 2 aliphatic heterocycles. The number of carbonyl (C=O) groups is 2. The molecule has 2 aliphatic rings. The molecule has 1 saturated heterocycles. The second-order valence-electron chi connectivity index (χ2n) is 10.4. The first-order valence-electron chi connectivity index (χ1n) is 13.0. The zero-order chi connectivity index (χ0) is 26.6. The molecule has 0 atom stereocenters. The fourth-order valence-corrected chi connectivity index (χ4v) is 5.39. The van der Waals surface area contributed by atoms with Crippen LogP contribution in [-0.4, -0.2) is 81.1 Å². The maximum Gasteiger partial charge on any atom is 0.276 e. The van der Waals surface area contributed by atoms with Crippen LogP contribution in [0.1, 0.15) is 37.7 Å². The van der Waals surface area contributed by atoms with E-state index in [9.17, 15) is 9.59 Å². The van der Waals surface area contributed by atoms with Crippen LogP contribution in [-0.2, 0) is 6.54 Å². The molecule has 0 radical (unpaired) electrons. The third-order valence-corrected chi connectivity index (χ3v) is 7.65. The molecule has 0 bridgehead atoms. The Morgan fingerprint density at radius 1 is 0.921 bits per heavy atom. The summed E-state index contributed by atoms with van der Waals surface area (Å²) < 4.78 is 1.70. The lowest BCUT2D eigenvalue weighted by Crippen LogP contribution is -2.47. The highest BCUT2D eigenvalue weighted by Gasteiger charge is 2.34. The van der Waals surface area contributed by atoms with Gasteiger partial charge in [0.2, 0.25) is 0 Å². The summed E-state index contributed by atoms with van der Waals surface area (Å²) in [5, 5.41) is 5.59. The lowest BCUT2D eigenvalue weighted by Gasteiger charge is -2.32. The van der Waals surface area contributed by atoms with Crippen LogP contribution in [0, 0.1) is 20.8 Å². The van der Waals surface area contributed by atoms with Gasteiger partial charge >= 0.3 is 0 Å². The number of carbonyl (C=O) groups excluding carboxylic acids is 2. The minimum absolute atomic E-state index is 0.0945. The molecule has 6 rings (SSSR count). The molecule has 2 aromatic heterocycles. The van der Waals surface area contributed by atoms with Gasteiger partial charge in [-0.05, 0) is 63.7 Å². The molecule has 0 aliphatic carbocycles. The highest BCUT2D eigenvalue weighted by molar-refractivity contribution is 6.09. The average Bonchev–Trinajstić information content (AvgIpc) is 3.26. The summed E-state index contributed by atoms with van der Waals surface area (Å²) in [6, 6.07) is 12.1. The van der Waals surface area contributed by atoms with E-state index in [0.717, 1.165) is 40.8 Å². The smallest absolute Gasteiger partial charge is 0.276 e. The van der Waals surface area contributed by atoms with Crippen LogP contribution in [0.2, 0.25) is 0 Å². The van der Waals surface area contributed by atoms with Gasteiger partial charge in [0, 0.05) is 61.1 Å². The lowest BCUT2D eigenvalue weighted by atomic mass is 10.1. The van der Waals surface area contributed by atoms with Crippen molar-refractivity contribution in [1.82, 2.24) is 29.5 Å². The molecular weight excluding hydrogens is 478 g/mol. The van der Waals surface area contributed by atoms with Crippen LogP contribution >= 0.6 is 0 Å². The Hall–Kier alpha value is -4.11. The van der Waals surface area contributed by atoms with Crippen molar-refractivity contribution in [3.8, 4) is 11.4 Å². The zero-order valence-electron chi connectivity index (χ0n) is 22.2. The number of aryl methyl sites for hydroxylation is 2. The number of hydrogen-bond acceptors (Lipinski definition) is 6. The molecule has 1 fully saturated rings. The Bertz CT molecular complexity index is 1580. The van der Waals surface area contributed by atoms with E-state index >= 15 is 0 Å². The van der Waals surface area contributed by atoms with Crippen molar-refractivity contribution >= 4 is 28.4 Å². The van der Waals surface area contributed by atoms with Crippen molar-refractivity contribution in [1.29, 1.82) is 0 Å². The predicted molar refractivity (Wildman–Crippen MR) is 146 cm³/mol. The van der Waals surface area contributed by atoms with Gasteiger partial charge in [-0.3, -0.25) is 14.3 Å². The minimum Gasteiger partial charge on any atom is -0.335 e. The third kappa shape index (κ3) is 4.12. The number of likely N-dealkylation sites (N-methyl/N-ethyl adjacent to an activating group) is 1. The van der Waals surface area contributed by atoms with Gasteiger partial charge in [0.15, 0.2) is 11.5 Å². The number of nitrogens with zero attached hydrogens (tertiary/aromatic N) is 7. The Kier molecular flexibility index (Phi) is 5.95. The van der Waals surface area contributed by atoms with Gasteiger partial charge in [-0.25, -0.2) is 9.97 Å². The summed E-state index contributed by atoms with van der Waals surface area (Å²) in [6.45, 7) is 9.92. The molecule has 9 nitrogen and oxygen atoms in total. The van der Waals surface area contributed by atoms with Crippen molar-refractivity contribution < 1.29 is 9.59 Å². The maximum absolute atomic E-state index is 13.7. The number of aromatic nitrogens is 4. The lowest BCUT2D eigenvalue weighted by molar-refractivity contribution is 0.0656. The van der Waals surface area contributed by atoms with E-state index < -0.39 is 0 Å². The number of piperazine rings is 1. The number of anilines is 1. The number of rotatable bonds is 3. The van der Waals surface area contributed by atoms with Crippen molar-refractivity contribution in [3.05, 3.63) is 70.7 Å². The fraction of sp³-hybridized carbons (Fsp3) is 0.345. The monoisotopic (exact) mass is 509 g/mol. The van der Waals surface area contributed by atoms with Crippen LogP contribution in [0.4, 0.5) is 5.69 Å². The molecular formula is C29H31N7O2. The van der Waals surface area contributed by atoms with Gasteiger partial charge < -0.3 is 14.7 Å². The molecule has 194 valence electrons. The highest BCUT2D eigenvalue weighted by Crippen LogP contribution is 2.30. The van der Waals surface area contributed by atoms with E-state index in [1.54, 1.807) is 9.58 Å². The zero-order valence-corrected chi connectivity index (χ0v) is 22.2. The second-order valence-corrected chi connectivity index (χ2v) is 10.4. The normalized spacial score (nSPS) is 16.3. The topological polar surface area (TPSA) is 87.5 Å². The summed E-state index contributed by atoms with van der Waals surface area (Å²) >= 11 is 0. The van der Waals surface area contributed by atoms with Crippen molar-refractivity contribution in [2.24, 2.45) is 0 Å². The van der Waals surface area contributed by atoms with Crippen LogP contribution in [0.25, 0.3) is 22.3 Å². The number of hydrogen-bond donors (Lipinski definition) is 0. The van der Waals surface area contributed by atoms with E-state index in [1.807, 2.05) is 55.3 Å². The van der Waals surface area contributed by atoms with Gasteiger partial charge in [0.1, 0.15) is 5.69 Å². The van der Waals surface area contributed by atoms with Crippen LogP contribution in [0.15, 0.2) is 42.6 Å². The molecule has 0 spiro atoms. The number of fused-ring (bicyclic) bond motifs is 2. The average molecular weight is 510 g/mol. The second kappa shape index (κ2) is 9.33. The maximum atomic E-state index is 13.7. The van der Waals surface area contributed by atoms with Gasteiger partial charge in [0.05, 0.1) is 12.1 Å². The highest BCUT2D eigenvalue weighted by atomic mass is 16.2.